The zero-order valence-electron chi connectivity index (χ0n) is 13.2. The molecule has 1 aromatic heterocycles. The van der Waals surface area contributed by atoms with Crippen LogP contribution in [0.2, 0.25) is 10.0 Å². The standard InChI is InChI=1S/C18H15Cl2N3O2/c19-14-8-5-13(6-9-14)18-22-17(25-23-18)11-21-16(24)10-7-12-3-1-2-4-15(12)20/h1-6,8-9H,7,10-11H2,(H,21,24). The predicted molar refractivity (Wildman–Crippen MR) is 96.4 cm³/mol. The third-order valence-corrected chi connectivity index (χ3v) is 4.21. The number of carbonyl (C=O) groups is 1. The van der Waals surface area contributed by atoms with Crippen LogP contribution in [0, 0.1) is 0 Å². The van der Waals surface area contributed by atoms with E-state index in [-0.39, 0.29) is 12.5 Å². The fourth-order valence-corrected chi connectivity index (χ4v) is 2.61. The lowest BCUT2D eigenvalue weighted by molar-refractivity contribution is -0.121. The summed E-state index contributed by atoms with van der Waals surface area (Å²) in [6.45, 7) is 0.182. The SMILES string of the molecule is O=C(CCc1ccccc1Cl)NCc1nc(-c2ccc(Cl)cc2)no1. The molecule has 0 saturated heterocycles. The maximum atomic E-state index is 12.0. The first-order chi connectivity index (χ1) is 12.1. The highest BCUT2D eigenvalue weighted by Gasteiger charge is 2.10. The average Bonchev–Trinajstić information content (AvgIpc) is 3.09. The minimum absolute atomic E-state index is 0.105. The number of rotatable bonds is 6. The van der Waals surface area contributed by atoms with Crippen LogP contribution in [0.5, 0.6) is 0 Å². The summed E-state index contributed by atoms with van der Waals surface area (Å²) in [4.78, 5) is 16.2. The number of amides is 1. The third kappa shape index (κ3) is 4.81. The molecule has 128 valence electrons. The van der Waals surface area contributed by atoms with Gasteiger partial charge >= 0.3 is 0 Å². The third-order valence-electron chi connectivity index (χ3n) is 3.59. The Bertz CT molecular complexity index is 863. The van der Waals surface area contributed by atoms with E-state index in [0.717, 1.165) is 11.1 Å². The number of benzene rings is 2. The monoisotopic (exact) mass is 375 g/mol. The molecule has 0 fully saturated rings. The minimum Gasteiger partial charge on any atom is -0.347 e. The van der Waals surface area contributed by atoms with Crippen LogP contribution in [0.1, 0.15) is 17.9 Å². The van der Waals surface area contributed by atoms with Crippen LogP contribution in [0.25, 0.3) is 11.4 Å². The number of aryl methyl sites for hydroxylation is 1. The van der Waals surface area contributed by atoms with Crippen molar-refractivity contribution >= 4 is 29.1 Å². The van der Waals surface area contributed by atoms with E-state index in [0.29, 0.717) is 34.6 Å². The van der Waals surface area contributed by atoms with E-state index in [1.165, 1.54) is 0 Å². The lowest BCUT2D eigenvalue weighted by Crippen LogP contribution is -2.23. The zero-order valence-corrected chi connectivity index (χ0v) is 14.7. The number of aromatic nitrogens is 2. The summed E-state index contributed by atoms with van der Waals surface area (Å²) in [5.41, 5.74) is 1.74. The van der Waals surface area contributed by atoms with Gasteiger partial charge in [0.15, 0.2) is 0 Å². The molecule has 3 rings (SSSR count). The van der Waals surface area contributed by atoms with Crippen LogP contribution in [0.15, 0.2) is 53.1 Å². The van der Waals surface area contributed by atoms with Gasteiger partial charge in [-0.3, -0.25) is 4.79 Å². The maximum absolute atomic E-state index is 12.0. The molecule has 1 heterocycles. The Hall–Kier alpha value is -2.37. The molecule has 0 aliphatic carbocycles. The lowest BCUT2D eigenvalue weighted by atomic mass is 10.1. The van der Waals surface area contributed by atoms with Crippen LogP contribution in [0.4, 0.5) is 0 Å². The first-order valence-electron chi connectivity index (χ1n) is 7.70. The van der Waals surface area contributed by atoms with Crippen molar-refractivity contribution in [1.29, 1.82) is 0 Å². The predicted octanol–water partition coefficient (Wildman–Crippen LogP) is 4.29. The van der Waals surface area contributed by atoms with Crippen molar-refractivity contribution in [2.75, 3.05) is 0 Å². The van der Waals surface area contributed by atoms with Gasteiger partial charge < -0.3 is 9.84 Å². The van der Waals surface area contributed by atoms with Gasteiger partial charge in [-0.1, -0.05) is 46.6 Å². The molecule has 0 atom stereocenters. The number of halogens is 2. The lowest BCUT2D eigenvalue weighted by Gasteiger charge is -2.04. The van der Waals surface area contributed by atoms with E-state index in [2.05, 4.69) is 15.5 Å². The highest BCUT2D eigenvalue weighted by Crippen LogP contribution is 2.19. The van der Waals surface area contributed by atoms with E-state index < -0.39 is 0 Å². The van der Waals surface area contributed by atoms with Gasteiger partial charge in [-0.2, -0.15) is 4.98 Å². The van der Waals surface area contributed by atoms with Crippen molar-refractivity contribution < 1.29 is 9.32 Å². The molecule has 1 N–H and O–H groups in total. The van der Waals surface area contributed by atoms with E-state index in [4.69, 9.17) is 27.7 Å². The molecule has 2 aromatic carbocycles. The van der Waals surface area contributed by atoms with E-state index >= 15 is 0 Å². The second kappa shape index (κ2) is 8.14. The fraction of sp³-hybridized carbons (Fsp3) is 0.167. The molecular formula is C18H15Cl2N3O2. The second-order valence-electron chi connectivity index (χ2n) is 5.39. The van der Waals surface area contributed by atoms with E-state index in [9.17, 15) is 4.79 Å². The molecular weight excluding hydrogens is 361 g/mol. The molecule has 0 bridgehead atoms. The Morgan fingerprint density at radius 2 is 1.84 bits per heavy atom. The summed E-state index contributed by atoms with van der Waals surface area (Å²) in [6, 6.07) is 14.6. The van der Waals surface area contributed by atoms with Crippen LogP contribution < -0.4 is 5.32 Å². The van der Waals surface area contributed by atoms with Crippen LogP contribution in [-0.4, -0.2) is 16.0 Å². The highest BCUT2D eigenvalue weighted by molar-refractivity contribution is 6.31. The van der Waals surface area contributed by atoms with Crippen LogP contribution >= 0.6 is 23.2 Å². The summed E-state index contributed by atoms with van der Waals surface area (Å²) in [5, 5.41) is 7.97. The summed E-state index contributed by atoms with van der Waals surface area (Å²) >= 11 is 11.9. The summed E-state index contributed by atoms with van der Waals surface area (Å²) in [5.74, 6) is 0.694. The summed E-state index contributed by atoms with van der Waals surface area (Å²) in [6.07, 6.45) is 0.910. The van der Waals surface area contributed by atoms with Gasteiger partial charge in [0.05, 0.1) is 6.54 Å². The first kappa shape index (κ1) is 17.5. The minimum atomic E-state index is -0.105. The molecule has 5 nitrogen and oxygen atoms in total. The van der Waals surface area contributed by atoms with E-state index in [1.807, 2.05) is 24.3 Å². The Kier molecular flexibility index (Phi) is 5.68. The van der Waals surface area contributed by atoms with Crippen molar-refractivity contribution in [3.8, 4) is 11.4 Å². The van der Waals surface area contributed by atoms with Gasteiger partial charge in [-0.25, -0.2) is 0 Å². The smallest absolute Gasteiger partial charge is 0.246 e. The molecule has 0 radical (unpaired) electrons. The molecule has 0 unspecified atom stereocenters. The Morgan fingerprint density at radius 1 is 1.08 bits per heavy atom. The number of hydrogen-bond acceptors (Lipinski definition) is 4. The Balaban J connectivity index is 1.51. The van der Waals surface area contributed by atoms with Gasteiger partial charge in [-0.05, 0) is 42.3 Å². The van der Waals surface area contributed by atoms with Gasteiger partial charge in [0.1, 0.15) is 0 Å². The molecule has 3 aromatic rings. The normalized spacial score (nSPS) is 10.6. The number of nitrogens with one attached hydrogen (secondary N) is 1. The molecule has 0 aliphatic rings. The van der Waals surface area contributed by atoms with Crippen LogP contribution in [-0.2, 0) is 17.8 Å². The summed E-state index contributed by atoms with van der Waals surface area (Å²) < 4.78 is 5.15. The molecule has 0 saturated carbocycles. The molecule has 0 spiro atoms. The Labute approximate surface area is 155 Å². The number of nitrogens with zero attached hydrogens (tertiary/aromatic N) is 2. The van der Waals surface area contributed by atoms with Crippen molar-refractivity contribution in [2.24, 2.45) is 0 Å². The van der Waals surface area contributed by atoms with Crippen LogP contribution in [0.3, 0.4) is 0 Å². The van der Waals surface area contributed by atoms with E-state index in [1.54, 1.807) is 24.3 Å². The van der Waals surface area contributed by atoms with Gasteiger partial charge in [0.2, 0.25) is 17.6 Å². The fourth-order valence-electron chi connectivity index (χ4n) is 2.25. The molecule has 1 amide bonds. The highest BCUT2D eigenvalue weighted by atomic mass is 35.5. The Morgan fingerprint density at radius 3 is 2.60 bits per heavy atom. The first-order valence-corrected chi connectivity index (χ1v) is 8.46. The number of hydrogen-bond donors (Lipinski definition) is 1. The largest absolute Gasteiger partial charge is 0.347 e. The van der Waals surface area contributed by atoms with Crippen molar-refractivity contribution in [2.45, 2.75) is 19.4 Å². The second-order valence-corrected chi connectivity index (χ2v) is 6.23. The molecule has 0 aliphatic heterocycles. The van der Waals surface area contributed by atoms with Gasteiger partial charge in [0.25, 0.3) is 0 Å². The summed E-state index contributed by atoms with van der Waals surface area (Å²) in [7, 11) is 0. The molecule has 7 heteroatoms. The average molecular weight is 376 g/mol. The van der Waals surface area contributed by atoms with Gasteiger partial charge in [-0.15, -0.1) is 0 Å². The van der Waals surface area contributed by atoms with Crippen molar-refractivity contribution in [1.82, 2.24) is 15.5 Å². The maximum Gasteiger partial charge on any atom is 0.246 e. The molecule has 25 heavy (non-hydrogen) atoms. The topological polar surface area (TPSA) is 68.0 Å². The number of carbonyl (C=O) groups excluding carboxylic acids is 1. The zero-order chi connectivity index (χ0) is 17.6. The van der Waals surface area contributed by atoms with Crippen molar-refractivity contribution in [3.63, 3.8) is 0 Å². The van der Waals surface area contributed by atoms with Crippen molar-refractivity contribution in [3.05, 3.63) is 70.0 Å². The van der Waals surface area contributed by atoms with Gasteiger partial charge in [0, 0.05) is 22.0 Å². The quantitative estimate of drug-likeness (QED) is 0.697.